The maximum atomic E-state index is 13.8. The number of aldehydes is 1. The van der Waals surface area contributed by atoms with Crippen LogP contribution in [0.1, 0.15) is 10.4 Å². The van der Waals surface area contributed by atoms with Crippen LogP contribution in [0.25, 0.3) is 16.7 Å². The van der Waals surface area contributed by atoms with Crippen LogP contribution in [0.3, 0.4) is 0 Å². The van der Waals surface area contributed by atoms with Crippen LogP contribution in [-0.2, 0) is 4.79 Å². The van der Waals surface area contributed by atoms with Gasteiger partial charge in [-0.25, -0.2) is 14.1 Å². The molecule has 94 valence electrons. The number of carbonyl (C=O) groups excluding carboxylic acids is 2. The number of hydrogen-bond acceptors (Lipinski definition) is 5. The summed E-state index contributed by atoms with van der Waals surface area (Å²) in [5.74, 6) is -1.20. The number of fused-ring (bicyclic) bond motifs is 1. The smallest absolute Gasteiger partial charge is 0.227 e. The highest BCUT2D eigenvalue weighted by Gasteiger charge is 2.19. The fraction of sp³-hybridized carbons (Fsp3) is 0. The highest BCUT2D eigenvalue weighted by Crippen LogP contribution is 2.25. The quantitative estimate of drug-likeness (QED) is 0.423. The molecule has 0 amide bonds. The van der Waals surface area contributed by atoms with Gasteiger partial charge in [0.2, 0.25) is 5.78 Å². The Morgan fingerprint density at radius 2 is 2.32 bits per heavy atom. The summed E-state index contributed by atoms with van der Waals surface area (Å²) < 4.78 is 15.1. The predicted octanol–water partition coefficient (Wildman–Crippen LogP) is 0.664. The molecule has 0 radical (unpaired) electrons. The molecule has 0 aromatic carbocycles. The topological polar surface area (TPSA) is 93.5 Å². The van der Waals surface area contributed by atoms with Crippen molar-refractivity contribution in [3.63, 3.8) is 0 Å². The zero-order chi connectivity index (χ0) is 13.4. The Morgan fingerprint density at radius 3 is 3.00 bits per heavy atom. The molecule has 3 rings (SSSR count). The summed E-state index contributed by atoms with van der Waals surface area (Å²) in [7, 11) is 0. The average molecular weight is 259 g/mol. The van der Waals surface area contributed by atoms with E-state index < -0.39 is 11.6 Å². The monoisotopic (exact) mass is 259 g/mol. The molecule has 1 N–H and O–H groups in total. The number of H-pyrrole nitrogens is 1. The standard InChI is InChI=1S/C11H6FN5O2/c12-7-4-14-11(17-2-1-15-16-17)10-9(7)6(3-13-10)8(19)5-18/h1-5,13H. The van der Waals surface area contributed by atoms with E-state index in [2.05, 4.69) is 20.3 Å². The van der Waals surface area contributed by atoms with Gasteiger partial charge in [-0.05, 0) is 0 Å². The maximum Gasteiger partial charge on any atom is 0.227 e. The van der Waals surface area contributed by atoms with Crippen molar-refractivity contribution in [1.82, 2.24) is 25.0 Å². The number of ketones is 1. The summed E-state index contributed by atoms with van der Waals surface area (Å²) in [5, 5.41) is 7.39. The van der Waals surface area contributed by atoms with Crippen molar-refractivity contribution < 1.29 is 14.0 Å². The van der Waals surface area contributed by atoms with Gasteiger partial charge >= 0.3 is 0 Å². The SMILES string of the molecule is O=CC(=O)c1c[nH]c2c(-n3ccnn3)ncc(F)c12. The van der Waals surface area contributed by atoms with Crippen LogP contribution in [0.5, 0.6) is 0 Å². The first-order chi connectivity index (χ1) is 9.22. The Bertz CT molecular complexity index is 778. The Balaban J connectivity index is 2.34. The molecule has 0 unspecified atom stereocenters. The van der Waals surface area contributed by atoms with E-state index >= 15 is 0 Å². The minimum Gasteiger partial charge on any atom is -0.357 e. The Kier molecular flexibility index (Phi) is 2.41. The zero-order valence-corrected chi connectivity index (χ0v) is 9.37. The average Bonchev–Trinajstić information content (AvgIpc) is 3.07. The first-order valence-corrected chi connectivity index (χ1v) is 5.24. The Hall–Kier alpha value is -2.90. The van der Waals surface area contributed by atoms with Gasteiger partial charge in [0.05, 0.1) is 35.1 Å². The number of aromatic nitrogens is 5. The third kappa shape index (κ3) is 1.61. The van der Waals surface area contributed by atoms with Crippen LogP contribution in [0.4, 0.5) is 4.39 Å². The fourth-order valence-corrected chi connectivity index (χ4v) is 1.85. The van der Waals surface area contributed by atoms with E-state index in [0.717, 1.165) is 6.20 Å². The first kappa shape index (κ1) is 11.2. The Morgan fingerprint density at radius 1 is 1.47 bits per heavy atom. The van der Waals surface area contributed by atoms with E-state index in [4.69, 9.17) is 0 Å². The highest BCUT2D eigenvalue weighted by molar-refractivity contribution is 6.36. The zero-order valence-electron chi connectivity index (χ0n) is 9.37. The number of carbonyl (C=O) groups is 2. The van der Waals surface area contributed by atoms with E-state index in [-0.39, 0.29) is 22.8 Å². The molecule has 0 aliphatic rings. The molecule has 0 spiro atoms. The second-order valence-electron chi connectivity index (χ2n) is 3.71. The lowest BCUT2D eigenvalue weighted by atomic mass is 10.1. The van der Waals surface area contributed by atoms with Crippen molar-refractivity contribution in [2.45, 2.75) is 0 Å². The van der Waals surface area contributed by atoms with Gasteiger partial charge in [0, 0.05) is 6.20 Å². The second-order valence-corrected chi connectivity index (χ2v) is 3.71. The lowest BCUT2D eigenvalue weighted by molar-refractivity contribution is -0.104. The molecule has 3 aromatic heterocycles. The number of halogens is 1. The van der Waals surface area contributed by atoms with E-state index in [9.17, 15) is 14.0 Å². The van der Waals surface area contributed by atoms with Crippen LogP contribution in [-0.4, -0.2) is 37.0 Å². The van der Waals surface area contributed by atoms with E-state index in [1.54, 1.807) is 0 Å². The second kappa shape index (κ2) is 4.09. The molecule has 0 bridgehead atoms. The van der Waals surface area contributed by atoms with Crippen LogP contribution >= 0.6 is 0 Å². The van der Waals surface area contributed by atoms with Crippen LogP contribution in [0.2, 0.25) is 0 Å². The highest BCUT2D eigenvalue weighted by atomic mass is 19.1. The van der Waals surface area contributed by atoms with Crippen molar-refractivity contribution in [3.8, 4) is 5.82 Å². The van der Waals surface area contributed by atoms with E-state index in [1.807, 2.05) is 0 Å². The molecular weight excluding hydrogens is 253 g/mol. The predicted molar refractivity (Wildman–Crippen MR) is 61.4 cm³/mol. The number of hydrogen-bond donors (Lipinski definition) is 1. The van der Waals surface area contributed by atoms with Crippen LogP contribution in [0.15, 0.2) is 24.8 Å². The number of rotatable bonds is 3. The summed E-state index contributed by atoms with van der Waals surface area (Å²) in [6, 6.07) is 0. The van der Waals surface area contributed by atoms with Gasteiger partial charge in [0.15, 0.2) is 17.9 Å². The number of nitrogens with zero attached hydrogens (tertiary/aromatic N) is 4. The Labute approximate surface area is 105 Å². The molecule has 0 aliphatic heterocycles. The van der Waals surface area contributed by atoms with E-state index in [1.165, 1.54) is 23.3 Å². The van der Waals surface area contributed by atoms with Crippen molar-refractivity contribution in [1.29, 1.82) is 0 Å². The van der Waals surface area contributed by atoms with Crippen LogP contribution < -0.4 is 0 Å². The van der Waals surface area contributed by atoms with E-state index in [0.29, 0.717) is 5.82 Å². The lowest BCUT2D eigenvalue weighted by Gasteiger charge is -2.02. The summed E-state index contributed by atoms with van der Waals surface area (Å²) in [4.78, 5) is 28.6. The van der Waals surface area contributed by atoms with Gasteiger partial charge in [-0.15, -0.1) is 5.10 Å². The van der Waals surface area contributed by atoms with Gasteiger partial charge in [-0.2, -0.15) is 0 Å². The normalized spacial score (nSPS) is 10.8. The maximum absolute atomic E-state index is 13.8. The molecule has 7 nitrogen and oxygen atoms in total. The number of nitrogens with one attached hydrogen (secondary N) is 1. The largest absolute Gasteiger partial charge is 0.357 e. The van der Waals surface area contributed by atoms with Crippen molar-refractivity contribution in [3.05, 3.63) is 36.2 Å². The molecule has 0 saturated heterocycles. The van der Waals surface area contributed by atoms with Crippen molar-refractivity contribution >= 4 is 23.0 Å². The van der Waals surface area contributed by atoms with Crippen LogP contribution in [0, 0.1) is 5.82 Å². The summed E-state index contributed by atoms with van der Waals surface area (Å²) in [6.45, 7) is 0. The van der Waals surface area contributed by atoms with Gasteiger partial charge < -0.3 is 4.98 Å². The minimum absolute atomic E-state index is 0.0117. The third-order valence-electron chi connectivity index (χ3n) is 2.65. The molecule has 0 atom stereocenters. The van der Waals surface area contributed by atoms with Gasteiger partial charge in [0.25, 0.3) is 0 Å². The van der Waals surface area contributed by atoms with Crippen molar-refractivity contribution in [2.75, 3.05) is 0 Å². The minimum atomic E-state index is -0.805. The summed E-state index contributed by atoms with van der Waals surface area (Å²) >= 11 is 0. The van der Waals surface area contributed by atoms with Gasteiger partial charge in [-0.1, -0.05) is 5.21 Å². The third-order valence-corrected chi connectivity index (χ3v) is 2.65. The molecule has 0 fully saturated rings. The number of pyridine rings is 1. The molecule has 0 saturated carbocycles. The molecule has 8 heteroatoms. The van der Waals surface area contributed by atoms with Crippen molar-refractivity contribution in [2.24, 2.45) is 0 Å². The molecular formula is C11H6FN5O2. The van der Waals surface area contributed by atoms with Gasteiger partial charge in [0.1, 0.15) is 0 Å². The number of Topliss-reactive ketones (excluding diaryl/α,β-unsaturated/α-hetero) is 1. The lowest BCUT2D eigenvalue weighted by Crippen LogP contribution is -2.02. The fourth-order valence-electron chi connectivity index (χ4n) is 1.85. The molecule has 19 heavy (non-hydrogen) atoms. The molecule has 3 heterocycles. The molecule has 3 aromatic rings. The first-order valence-electron chi connectivity index (χ1n) is 5.24. The summed E-state index contributed by atoms with van der Waals surface area (Å²) in [5.41, 5.74) is 0.238. The summed E-state index contributed by atoms with van der Waals surface area (Å²) in [6.07, 6.45) is 5.35. The molecule has 0 aliphatic carbocycles. The number of aromatic amines is 1. The van der Waals surface area contributed by atoms with Gasteiger partial charge in [-0.3, -0.25) is 9.59 Å².